The molecule has 0 amide bonds. The summed E-state index contributed by atoms with van der Waals surface area (Å²) in [4.78, 5) is 12.4. The molecule has 0 aliphatic heterocycles. The molecule has 0 aliphatic rings. The van der Waals surface area contributed by atoms with Crippen molar-refractivity contribution in [3.05, 3.63) is 34.9 Å². The molecule has 0 bridgehead atoms. The van der Waals surface area contributed by atoms with Crippen molar-refractivity contribution in [3.8, 4) is 0 Å². The average Bonchev–Trinajstić information content (AvgIpc) is 2.34. The molecule has 3 nitrogen and oxygen atoms in total. The molecule has 0 saturated heterocycles. The maximum Gasteiger partial charge on any atom is 0.304 e. The van der Waals surface area contributed by atoms with Gasteiger partial charge in [-0.3, -0.25) is 9.69 Å². The molecular weight excluding hydrogens is 252 g/mol. The van der Waals surface area contributed by atoms with E-state index in [0.717, 1.165) is 0 Å². The fourth-order valence-corrected chi connectivity index (χ4v) is 2.04. The summed E-state index contributed by atoms with van der Waals surface area (Å²) < 4.78 is 27.4. The van der Waals surface area contributed by atoms with Crippen molar-refractivity contribution in [2.75, 3.05) is 13.1 Å². The molecule has 0 spiro atoms. The Kier molecular flexibility index (Phi) is 5.42. The number of benzene rings is 1. The highest BCUT2D eigenvalue weighted by atomic mass is 19.1. The van der Waals surface area contributed by atoms with Crippen LogP contribution in [0.3, 0.4) is 0 Å². The molecule has 1 rings (SSSR count). The van der Waals surface area contributed by atoms with E-state index in [-0.39, 0.29) is 23.6 Å². The van der Waals surface area contributed by atoms with Gasteiger partial charge in [0.25, 0.3) is 0 Å². The SMILES string of the molecule is CCN(CCC(=O)O)C(C)c1cc(F)c(C)cc1F. The lowest BCUT2D eigenvalue weighted by Crippen LogP contribution is -2.30. The van der Waals surface area contributed by atoms with Gasteiger partial charge >= 0.3 is 5.97 Å². The van der Waals surface area contributed by atoms with Gasteiger partial charge in [0.1, 0.15) is 11.6 Å². The summed E-state index contributed by atoms with van der Waals surface area (Å²) in [5.74, 6) is -1.81. The summed E-state index contributed by atoms with van der Waals surface area (Å²) in [5.41, 5.74) is 0.525. The lowest BCUT2D eigenvalue weighted by Gasteiger charge is -2.28. The van der Waals surface area contributed by atoms with Crippen molar-refractivity contribution in [2.24, 2.45) is 0 Å². The van der Waals surface area contributed by atoms with Crippen LogP contribution in [0.1, 0.15) is 37.4 Å². The number of aryl methyl sites for hydroxylation is 1. The third-order valence-corrected chi connectivity index (χ3v) is 3.29. The molecule has 0 fully saturated rings. The summed E-state index contributed by atoms with van der Waals surface area (Å²) in [5, 5.41) is 8.68. The zero-order valence-corrected chi connectivity index (χ0v) is 11.4. The van der Waals surface area contributed by atoms with Gasteiger partial charge in [0.05, 0.1) is 6.42 Å². The Balaban J connectivity index is 2.93. The van der Waals surface area contributed by atoms with Crippen molar-refractivity contribution >= 4 is 5.97 Å². The largest absolute Gasteiger partial charge is 0.481 e. The van der Waals surface area contributed by atoms with Crippen LogP contribution in [0.2, 0.25) is 0 Å². The van der Waals surface area contributed by atoms with E-state index < -0.39 is 17.6 Å². The summed E-state index contributed by atoms with van der Waals surface area (Å²) >= 11 is 0. The summed E-state index contributed by atoms with van der Waals surface area (Å²) in [6, 6.07) is 2.00. The van der Waals surface area contributed by atoms with Crippen molar-refractivity contribution in [3.63, 3.8) is 0 Å². The summed E-state index contributed by atoms with van der Waals surface area (Å²) in [6.45, 7) is 6.00. The zero-order chi connectivity index (χ0) is 14.6. The number of carboxylic acids is 1. The number of carboxylic acid groups (broad SMARTS) is 1. The smallest absolute Gasteiger partial charge is 0.304 e. The van der Waals surface area contributed by atoms with Gasteiger partial charge in [0, 0.05) is 18.2 Å². The lowest BCUT2D eigenvalue weighted by atomic mass is 10.0. The normalized spacial score (nSPS) is 12.7. The van der Waals surface area contributed by atoms with Gasteiger partial charge < -0.3 is 5.11 Å². The Labute approximate surface area is 111 Å². The highest BCUT2D eigenvalue weighted by Crippen LogP contribution is 2.25. The zero-order valence-electron chi connectivity index (χ0n) is 11.4. The van der Waals surface area contributed by atoms with E-state index >= 15 is 0 Å². The van der Waals surface area contributed by atoms with Crippen molar-refractivity contribution in [1.82, 2.24) is 4.90 Å². The third kappa shape index (κ3) is 3.99. The standard InChI is InChI=1S/C14H19F2NO2/c1-4-17(6-5-14(18)19)10(3)11-8-12(15)9(2)7-13(11)16/h7-8,10H,4-6H2,1-3H3,(H,18,19). The van der Waals surface area contributed by atoms with E-state index in [1.165, 1.54) is 19.1 Å². The van der Waals surface area contributed by atoms with E-state index in [1.54, 1.807) is 11.8 Å². The molecule has 19 heavy (non-hydrogen) atoms. The Morgan fingerprint density at radius 1 is 1.37 bits per heavy atom. The second-order valence-electron chi connectivity index (χ2n) is 4.57. The third-order valence-electron chi connectivity index (χ3n) is 3.29. The molecule has 1 aromatic carbocycles. The van der Waals surface area contributed by atoms with Crippen molar-refractivity contribution < 1.29 is 18.7 Å². The first-order valence-electron chi connectivity index (χ1n) is 6.28. The number of carbonyl (C=O) groups is 1. The first kappa shape index (κ1) is 15.6. The van der Waals surface area contributed by atoms with Gasteiger partial charge in [0.2, 0.25) is 0 Å². The van der Waals surface area contributed by atoms with E-state index in [2.05, 4.69) is 0 Å². The Morgan fingerprint density at radius 2 is 2.00 bits per heavy atom. The number of rotatable bonds is 6. The molecular formula is C14H19F2NO2. The molecule has 106 valence electrons. The van der Waals surface area contributed by atoms with E-state index in [0.29, 0.717) is 13.1 Å². The molecule has 1 unspecified atom stereocenters. The number of halogens is 2. The molecule has 5 heteroatoms. The van der Waals surface area contributed by atoms with Crippen molar-refractivity contribution in [2.45, 2.75) is 33.2 Å². The first-order valence-corrected chi connectivity index (χ1v) is 6.28. The van der Waals surface area contributed by atoms with Crippen LogP contribution in [0, 0.1) is 18.6 Å². The van der Waals surface area contributed by atoms with E-state index in [1.807, 2.05) is 6.92 Å². The second kappa shape index (κ2) is 6.61. The minimum absolute atomic E-state index is 0.0197. The predicted octanol–water partition coefficient (Wildman–Crippen LogP) is 3.13. The Bertz CT molecular complexity index is 463. The molecule has 0 aliphatic carbocycles. The number of nitrogens with zero attached hydrogens (tertiary/aromatic N) is 1. The predicted molar refractivity (Wildman–Crippen MR) is 69.0 cm³/mol. The first-order chi connectivity index (χ1) is 8.86. The Hall–Kier alpha value is -1.49. The average molecular weight is 271 g/mol. The number of hydrogen-bond acceptors (Lipinski definition) is 2. The number of aliphatic carboxylic acids is 1. The quantitative estimate of drug-likeness (QED) is 0.864. The van der Waals surface area contributed by atoms with Gasteiger partial charge in [-0.15, -0.1) is 0 Å². The van der Waals surface area contributed by atoms with Crippen LogP contribution >= 0.6 is 0 Å². The van der Waals surface area contributed by atoms with Gasteiger partial charge in [-0.05, 0) is 38.1 Å². The summed E-state index contributed by atoms with van der Waals surface area (Å²) in [7, 11) is 0. The molecule has 1 atom stereocenters. The van der Waals surface area contributed by atoms with E-state index in [4.69, 9.17) is 5.11 Å². The second-order valence-corrected chi connectivity index (χ2v) is 4.57. The monoisotopic (exact) mass is 271 g/mol. The van der Waals surface area contributed by atoms with Crippen LogP contribution in [0.4, 0.5) is 8.78 Å². The molecule has 1 aromatic rings. The van der Waals surface area contributed by atoms with Crippen LogP contribution < -0.4 is 0 Å². The molecule has 0 heterocycles. The van der Waals surface area contributed by atoms with Crippen LogP contribution in [0.5, 0.6) is 0 Å². The fraction of sp³-hybridized carbons (Fsp3) is 0.500. The van der Waals surface area contributed by atoms with E-state index in [9.17, 15) is 13.6 Å². The minimum Gasteiger partial charge on any atom is -0.481 e. The maximum absolute atomic E-state index is 13.9. The Morgan fingerprint density at radius 3 is 2.53 bits per heavy atom. The van der Waals surface area contributed by atoms with Crippen LogP contribution in [-0.2, 0) is 4.79 Å². The molecule has 0 radical (unpaired) electrons. The van der Waals surface area contributed by atoms with Gasteiger partial charge in [-0.1, -0.05) is 6.92 Å². The molecule has 1 N–H and O–H groups in total. The topological polar surface area (TPSA) is 40.5 Å². The van der Waals surface area contributed by atoms with Gasteiger partial charge in [0.15, 0.2) is 0 Å². The summed E-state index contributed by atoms with van der Waals surface area (Å²) in [6.07, 6.45) is -0.0197. The lowest BCUT2D eigenvalue weighted by molar-refractivity contribution is -0.137. The number of hydrogen-bond donors (Lipinski definition) is 1. The van der Waals surface area contributed by atoms with Gasteiger partial charge in [-0.2, -0.15) is 0 Å². The molecule has 0 aromatic heterocycles. The fourth-order valence-electron chi connectivity index (χ4n) is 2.04. The van der Waals surface area contributed by atoms with Gasteiger partial charge in [-0.25, -0.2) is 8.78 Å². The van der Waals surface area contributed by atoms with Crippen molar-refractivity contribution in [1.29, 1.82) is 0 Å². The maximum atomic E-state index is 13.9. The molecule has 0 saturated carbocycles. The van der Waals surface area contributed by atoms with Crippen LogP contribution in [-0.4, -0.2) is 29.1 Å². The highest BCUT2D eigenvalue weighted by molar-refractivity contribution is 5.66. The minimum atomic E-state index is -0.902. The van der Waals surface area contributed by atoms with Crippen LogP contribution in [0.15, 0.2) is 12.1 Å². The highest BCUT2D eigenvalue weighted by Gasteiger charge is 2.19. The van der Waals surface area contributed by atoms with Crippen LogP contribution in [0.25, 0.3) is 0 Å².